The van der Waals surface area contributed by atoms with Crippen molar-refractivity contribution < 1.29 is 27.9 Å². The number of aliphatic carboxylic acids is 1. The van der Waals surface area contributed by atoms with Crippen LogP contribution >= 0.6 is 0 Å². The van der Waals surface area contributed by atoms with Gasteiger partial charge in [-0.25, -0.2) is 0 Å². The summed E-state index contributed by atoms with van der Waals surface area (Å²) in [6.07, 6.45) is -3.57. The first kappa shape index (κ1) is 16.3. The molecule has 0 spiro atoms. The minimum atomic E-state index is -4.52. The molecule has 1 aromatic rings. The average Bonchev–Trinajstić information content (AvgIpc) is 2.45. The highest BCUT2D eigenvalue weighted by molar-refractivity contribution is 5.95. The van der Waals surface area contributed by atoms with Crippen molar-refractivity contribution in [1.29, 1.82) is 0 Å². The summed E-state index contributed by atoms with van der Waals surface area (Å²) in [5.41, 5.74) is -2.03. The Morgan fingerprint density at radius 1 is 1.32 bits per heavy atom. The Morgan fingerprint density at radius 2 is 2.00 bits per heavy atom. The zero-order valence-corrected chi connectivity index (χ0v) is 12.0. The van der Waals surface area contributed by atoms with E-state index in [1.165, 1.54) is 17.0 Å². The Balaban J connectivity index is 2.23. The van der Waals surface area contributed by atoms with Gasteiger partial charge in [0, 0.05) is 18.7 Å². The van der Waals surface area contributed by atoms with E-state index in [1.807, 2.05) is 0 Å². The van der Waals surface area contributed by atoms with Crippen LogP contribution in [0.4, 0.5) is 13.2 Å². The molecule has 7 heteroatoms. The topological polar surface area (TPSA) is 57.6 Å². The fourth-order valence-corrected chi connectivity index (χ4v) is 2.60. The SMILES string of the molecule is CC1(C(=O)O)CCCN(C(=O)c2cccc(C(F)(F)F)c2)C1. The Kier molecular flexibility index (Phi) is 4.17. The molecule has 1 unspecified atom stereocenters. The largest absolute Gasteiger partial charge is 0.481 e. The Labute approximate surface area is 125 Å². The number of carboxylic acid groups (broad SMARTS) is 1. The smallest absolute Gasteiger partial charge is 0.416 e. The van der Waals surface area contributed by atoms with Gasteiger partial charge in [0.2, 0.25) is 0 Å². The van der Waals surface area contributed by atoms with Crippen molar-refractivity contribution in [2.24, 2.45) is 5.41 Å². The summed E-state index contributed by atoms with van der Waals surface area (Å²) < 4.78 is 38.1. The van der Waals surface area contributed by atoms with Crippen molar-refractivity contribution in [2.75, 3.05) is 13.1 Å². The molecule has 1 heterocycles. The lowest BCUT2D eigenvalue weighted by Gasteiger charge is -2.37. The molecule has 2 rings (SSSR count). The summed E-state index contributed by atoms with van der Waals surface area (Å²) in [6.45, 7) is 1.89. The number of nitrogens with zero attached hydrogens (tertiary/aromatic N) is 1. The fourth-order valence-electron chi connectivity index (χ4n) is 2.60. The Bertz CT molecular complexity index is 600. The Morgan fingerprint density at radius 3 is 2.59 bits per heavy atom. The third kappa shape index (κ3) is 3.23. The van der Waals surface area contributed by atoms with Crippen molar-refractivity contribution in [3.05, 3.63) is 35.4 Å². The number of carbonyl (C=O) groups is 2. The molecule has 4 nitrogen and oxygen atoms in total. The highest BCUT2D eigenvalue weighted by atomic mass is 19.4. The highest BCUT2D eigenvalue weighted by Gasteiger charge is 2.40. The molecule has 1 aromatic carbocycles. The number of benzene rings is 1. The highest BCUT2D eigenvalue weighted by Crippen LogP contribution is 2.32. The fraction of sp³-hybridized carbons (Fsp3) is 0.467. The van der Waals surface area contributed by atoms with E-state index in [0.717, 1.165) is 12.1 Å². The van der Waals surface area contributed by atoms with E-state index < -0.39 is 29.0 Å². The molecule has 1 amide bonds. The Hall–Kier alpha value is -2.05. The van der Waals surface area contributed by atoms with Crippen molar-refractivity contribution in [3.63, 3.8) is 0 Å². The third-order valence-corrected chi connectivity index (χ3v) is 3.94. The predicted molar refractivity (Wildman–Crippen MR) is 72.3 cm³/mol. The second-order valence-electron chi connectivity index (χ2n) is 5.77. The summed E-state index contributed by atoms with van der Waals surface area (Å²) in [6, 6.07) is 4.18. The lowest BCUT2D eigenvalue weighted by Crippen LogP contribution is -2.48. The van der Waals surface area contributed by atoms with Crippen molar-refractivity contribution in [2.45, 2.75) is 25.9 Å². The molecule has 0 saturated carbocycles. The van der Waals surface area contributed by atoms with Crippen LogP contribution in [0.25, 0.3) is 0 Å². The van der Waals surface area contributed by atoms with Crippen molar-refractivity contribution in [3.8, 4) is 0 Å². The monoisotopic (exact) mass is 315 g/mol. The lowest BCUT2D eigenvalue weighted by molar-refractivity contribution is -0.150. The van der Waals surface area contributed by atoms with Gasteiger partial charge in [0.05, 0.1) is 11.0 Å². The van der Waals surface area contributed by atoms with Gasteiger partial charge in [-0.05, 0) is 38.0 Å². The van der Waals surface area contributed by atoms with Gasteiger partial charge in [-0.2, -0.15) is 13.2 Å². The number of amides is 1. The molecule has 1 fully saturated rings. The zero-order chi connectivity index (χ0) is 16.5. The number of carboxylic acids is 1. The van der Waals surface area contributed by atoms with Gasteiger partial charge >= 0.3 is 12.1 Å². The van der Waals surface area contributed by atoms with Crippen LogP contribution in [-0.2, 0) is 11.0 Å². The summed E-state index contributed by atoms with van der Waals surface area (Å²) in [7, 11) is 0. The number of carbonyl (C=O) groups excluding carboxylic acids is 1. The second kappa shape index (κ2) is 5.62. The number of halogens is 3. The molecule has 22 heavy (non-hydrogen) atoms. The van der Waals surface area contributed by atoms with Crippen LogP contribution < -0.4 is 0 Å². The molecule has 1 atom stereocenters. The first-order chi connectivity index (χ1) is 10.1. The van der Waals surface area contributed by atoms with Crippen molar-refractivity contribution in [1.82, 2.24) is 4.90 Å². The number of likely N-dealkylation sites (tertiary alicyclic amines) is 1. The molecule has 0 radical (unpaired) electrons. The first-order valence-electron chi connectivity index (χ1n) is 6.83. The molecule has 0 bridgehead atoms. The molecule has 1 saturated heterocycles. The van der Waals surface area contributed by atoms with Gasteiger partial charge in [0.1, 0.15) is 0 Å². The van der Waals surface area contributed by atoms with E-state index in [1.54, 1.807) is 6.92 Å². The summed E-state index contributed by atoms with van der Waals surface area (Å²) >= 11 is 0. The number of hydrogen-bond donors (Lipinski definition) is 1. The van der Waals surface area contributed by atoms with E-state index in [9.17, 15) is 27.9 Å². The van der Waals surface area contributed by atoms with Gasteiger partial charge in [0.25, 0.3) is 5.91 Å². The normalized spacial score (nSPS) is 22.5. The first-order valence-corrected chi connectivity index (χ1v) is 6.83. The molecule has 0 aromatic heterocycles. The minimum absolute atomic E-state index is 0.00257. The van der Waals surface area contributed by atoms with Gasteiger partial charge in [-0.3, -0.25) is 9.59 Å². The van der Waals surface area contributed by atoms with Crippen LogP contribution in [0.5, 0.6) is 0 Å². The van der Waals surface area contributed by atoms with E-state index in [0.29, 0.717) is 19.4 Å². The number of piperidine rings is 1. The van der Waals surface area contributed by atoms with Crippen LogP contribution in [-0.4, -0.2) is 35.0 Å². The standard InChI is InChI=1S/C15H16F3NO3/c1-14(13(21)22)6-3-7-19(9-14)12(20)10-4-2-5-11(8-10)15(16,17)18/h2,4-5,8H,3,6-7,9H2,1H3,(H,21,22). The summed E-state index contributed by atoms with van der Waals surface area (Å²) in [5.74, 6) is -1.58. The predicted octanol–water partition coefficient (Wildman–Crippen LogP) is 3.03. The number of rotatable bonds is 2. The van der Waals surface area contributed by atoms with Gasteiger partial charge < -0.3 is 10.0 Å². The van der Waals surface area contributed by atoms with E-state index in [4.69, 9.17) is 0 Å². The van der Waals surface area contributed by atoms with Crippen LogP contribution in [0.2, 0.25) is 0 Å². The van der Waals surface area contributed by atoms with Crippen LogP contribution in [0.1, 0.15) is 35.7 Å². The molecular formula is C15H16F3NO3. The minimum Gasteiger partial charge on any atom is -0.481 e. The molecule has 1 N–H and O–H groups in total. The molecule has 1 aliphatic heterocycles. The van der Waals surface area contributed by atoms with Gasteiger partial charge in [-0.15, -0.1) is 0 Å². The number of alkyl halides is 3. The van der Waals surface area contributed by atoms with E-state index in [-0.39, 0.29) is 12.1 Å². The van der Waals surface area contributed by atoms with E-state index >= 15 is 0 Å². The molecular weight excluding hydrogens is 299 g/mol. The summed E-state index contributed by atoms with van der Waals surface area (Å²) in [5, 5.41) is 9.23. The van der Waals surface area contributed by atoms with Gasteiger partial charge in [-0.1, -0.05) is 6.07 Å². The average molecular weight is 315 g/mol. The maximum Gasteiger partial charge on any atom is 0.416 e. The lowest BCUT2D eigenvalue weighted by atomic mass is 9.82. The zero-order valence-electron chi connectivity index (χ0n) is 12.0. The second-order valence-corrected chi connectivity index (χ2v) is 5.77. The van der Waals surface area contributed by atoms with Crippen molar-refractivity contribution >= 4 is 11.9 Å². The van der Waals surface area contributed by atoms with E-state index in [2.05, 4.69) is 0 Å². The van der Waals surface area contributed by atoms with Crippen LogP contribution in [0.15, 0.2) is 24.3 Å². The third-order valence-electron chi connectivity index (χ3n) is 3.94. The maximum absolute atomic E-state index is 12.7. The van der Waals surface area contributed by atoms with Crippen LogP contribution in [0.3, 0.4) is 0 Å². The van der Waals surface area contributed by atoms with Crippen LogP contribution in [0, 0.1) is 5.41 Å². The molecule has 0 aliphatic carbocycles. The molecule has 1 aliphatic rings. The quantitative estimate of drug-likeness (QED) is 0.912. The van der Waals surface area contributed by atoms with Gasteiger partial charge in [0.15, 0.2) is 0 Å². The maximum atomic E-state index is 12.7. The molecule has 120 valence electrons. The summed E-state index contributed by atoms with van der Waals surface area (Å²) in [4.78, 5) is 24.9. The number of hydrogen-bond acceptors (Lipinski definition) is 2.